The van der Waals surface area contributed by atoms with Gasteiger partial charge in [-0.15, -0.1) is 0 Å². The minimum absolute atomic E-state index is 0.0289. The molecule has 1 heterocycles. The predicted molar refractivity (Wildman–Crippen MR) is 72.7 cm³/mol. The van der Waals surface area contributed by atoms with E-state index >= 15 is 0 Å². The monoisotopic (exact) mass is 268 g/mol. The van der Waals surface area contributed by atoms with E-state index in [4.69, 9.17) is 0 Å². The van der Waals surface area contributed by atoms with Crippen molar-refractivity contribution in [3.63, 3.8) is 0 Å². The summed E-state index contributed by atoms with van der Waals surface area (Å²) in [5.74, 6) is 0.0599. The highest BCUT2D eigenvalue weighted by molar-refractivity contribution is 7.88. The summed E-state index contributed by atoms with van der Waals surface area (Å²) in [6.45, 7) is 1.71. The molecule has 1 aliphatic heterocycles. The minimum atomic E-state index is -3.24. The van der Waals surface area contributed by atoms with E-state index in [0.717, 1.165) is 37.9 Å². The molecule has 0 aromatic heterocycles. The van der Waals surface area contributed by atoms with Crippen LogP contribution in [0.15, 0.2) is 30.3 Å². The smallest absolute Gasteiger partial charge is 0.216 e. The van der Waals surface area contributed by atoms with Crippen LogP contribution in [-0.2, 0) is 15.8 Å². The van der Waals surface area contributed by atoms with Gasteiger partial charge < -0.3 is 5.32 Å². The Morgan fingerprint density at radius 1 is 1.22 bits per heavy atom. The maximum Gasteiger partial charge on any atom is 0.216 e. The Balaban J connectivity index is 1.94. The van der Waals surface area contributed by atoms with E-state index in [9.17, 15) is 8.42 Å². The zero-order valence-corrected chi connectivity index (χ0v) is 11.2. The van der Waals surface area contributed by atoms with Crippen LogP contribution in [0.2, 0.25) is 0 Å². The molecule has 18 heavy (non-hydrogen) atoms. The number of rotatable bonds is 4. The van der Waals surface area contributed by atoms with E-state index in [0.29, 0.717) is 0 Å². The van der Waals surface area contributed by atoms with Crippen molar-refractivity contribution in [3.8, 4) is 0 Å². The first-order valence-corrected chi connectivity index (χ1v) is 8.05. The van der Waals surface area contributed by atoms with Crippen LogP contribution in [-0.4, -0.2) is 27.5 Å². The Morgan fingerprint density at radius 2 is 2.00 bits per heavy atom. The minimum Gasteiger partial charge on any atom is -0.315 e. The van der Waals surface area contributed by atoms with Gasteiger partial charge in [-0.3, -0.25) is 0 Å². The second kappa shape index (κ2) is 6.31. The van der Waals surface area contributed by atoms with Gasteiger partial charge in [0.1, 0.15) is 0 Å². The summed E-state index contributed by atoms with van der Waals surface area (Å²) in [6, 6.07) is 9.31. The van der Waals surface area contributed by atoms with Crippen LogP contribution in [0, 0.1) is 0 Å². The Bertz CT molecular complexity index is 451. The third kappa shape index (κ3) is 4.40. The molecule has 4 nitrogen and oxygen atoms in total. The van der Waals surface area contributed by atoms with Crippen LogP contribution in [0.3, 0.4) is 0 Å². The summed E-state index contributed by atoms with van der Waals surface area (Å²) in [5.41, 5.74) is 0.826. The van der Waals surface area contributed by atoms with E-state index in [-0.39, 0.29) is 11.8 Å². The van der Waals surface area contributed by atoms with Crippen molar-refractivity contribution in [1.82, 2.24) is 10.0 Å². The van der Waals surface area contributed by atoms with Crippen molar-refractivity contribution in [2.75, 3.05) is 13.1 Å². The molecule has 0 saturated carbocycles. The molecule has 0 amide bonds. The molecular weight excluding hydrogens is 248 g/mol. The van der Waals surface area contributed by atoms with Gasteiger partial charge in [-0.1, -0.05) is 36.8 Å². The lowest BCUT2D eigenvalue weighted by Gasteiger charge is -2.16. The van der Waals surface area contributed by atoms with Crippen LogP contribution in [0.1, 0.15) is 24.8 Å². The largest absolute Gasteiger partial charge is 0.315 e. The lowest BCUT2D eigenvalue weighted by Crippen LogP contribution is -2.41. The van der Waals surface area contributed by atoms with Crippen molar-refractivity contribution in [2.24, 2.45) is 0 Å². The fourth-order valence-corrected chi connectivity index (χ4v) is 3.63. The molecule has 0 radical (unpaired) electrons. The molecule has 0 bridgehead atoms. The molecule has 0 spiro atoms. The number of nitrogens with one attached hydrogen (secondary N) is 2. The summed E-state index contributed by atoms with van der Waals surface area (Å²) < 4.78 is 26.9. The van der Waals surface area contributed by atoms with Gasteiger partial charge in [0.2, 0.25) is 10.0 Å². The maximum absolute atomic E-state index is 12.0. The zero-order chi connectivity index (χ0) is 12.8. The Morgan fingerprint density at radius 3 is 2.78 bits per heavy atom. The summed E-state index contributed by atoms with van der Waals surface area (Å²) in [4.78, 5) is 0. The van der Waals surface area contributed by atoms with E-state index in [1.54, 1.807) is 0 Å². The molecule has 1 unspecified atom stereocenters. The predicted octanol–water partition coefficient (Wildman–Crippen LogP) is 1.25. The van der Waals surface area contributed by atoms with Crippen molar-refractivity contribution in [3.05, 3.63) is 35.9 Å². The summed E-state index contributed by atoms with van der Waals surface area (Å²) in [7, 11) is -3.24. The first-order chi connectivity index (χ1) is 8.66. The highest BCUT2D eigenvalue weighted by Crippen LogP contribution is 2.08. The highest BCUT2D eigenvalue weighted by atomic mass is 32.2. The number of hydrogen-bond acceptors (Lipinski definition) is 3. The second-order valence-corrected chi connectivity index (χ2v) is 6.51. The molecule has 100 valence electrons. The number of sulfonamides is 1. The van der Waals surface area contributed by atoms with Gasteiger partial charge in [0.05, 0.1) is 5.75 Å². The average Bonchev–Trinajstić information content (AvgIpc) is 2.57. The molecule has 1 fully saturated rings. The quantitative estimate of drug-likeness (QED) is 0.864. The SMILES string of the molecule is O=S(=O)(Cc1ccccc1)NC1CCCCNC1. The Hall–Kier alpha value is -0.910. The van der Waals surface area contributed by atoms with Gasteiger partial charge in [0.25, 0.3) is 0 Å². The standard InChI is InChI=1S/C13H20N2O2S/c16-18(17,11-12-6-2-1-3-7-12)15-13-8-4-5-9-14-10-13/h1-3,6-7,13-15H,4-5,8-11H2. The summed E-state index contributed by atoms with van der Waals surface area (Å²) >= 11 is 0. The van der Waals surface area contributed by atoms with Crippen LogP contribution in [0.5, 0.6) is 0 Å². The van der Waals surface area contributed by atoms with Crippen LogP contribution >= 0.6 is 0 Å². The first-order valence-electron chi connectivity index (χ1n) is 6.40. The number of benzene rings is 1. The van der Waals surface area contributed by atoms with Gasteiger partial charge in [-0.25, -0.2) is 13.1 Å². The van der Waals surface area contributed by atoms with Crippen molar-refractivity contribution < 1.29 is 8.42 Å². The third-order valence-corrected chi connectivity index (χ3v) is 4.50. The molecule has 5 heteroatoms. The van der Waals surface area contributed by atoms with E-state index in [1.807, 2.05) is 30.3 Å². The van der Waals surface area contributed by atoms with Gasteiger partial charge in [-0.05, 0) is 24.9 Å². The third-order valence-electron chi connectivity index (χ3n) is 3.09. The molecular formula is C13H20N2O2S. The fraction of sp³-hybridized carbons (Fsp3) is 0.538. The molecule has 1 aromatic rings. The lowest BCUT2D eigenvalue weighted by molar-refractivity contribution is 0.520. The molecule has 2 N–H and O–H groups in total. The molecule has 0 aliphatic carbocycles. The topological polar surface area (TPSA) is 58.2 Å². The average molecular weight is 268 g/mol. The Kier molecular flexibility index (Phi) is 4.74. The summed E-state index contributed by atoms with van der Waals surface area (Å²) in [5, 5.41) is 3.26. The van der Waals surface area contributed by atoms with Gasteiger partial charge in [0.15, 0.2) is 0 Å². The maximum atomic E-state index is 12.0. The Labute approximate surface area is 109 Å². The van der Waals surface area contributed by atoms with Crippen molar-refractivity contribution in [1.29, 1.82) is 0 Å². The zero-order valence-electron chi connectivity index (χ0n) is 10.4. The van der Waals surface area contributed by atoms with Crippen LogP contribution in [0.25, 0.3) is 0 Å². The fourth-order valence-electron chi connectivity index (χ4n) is 2.21. The molecule has 1 aromatic carbocycles. The summed E-state index contributed by atoms with van der Waals surface area (Å²) in [6.07, 6.45) is 3.11. The highest BCUT2D eigenvalue weighted by Gasteiger charge is 2.19. The second-order valence-electron chi connectivity index (χ2n) is 4.76. The molecule has 1 aliphatic rings. The van der Waals surface area contributed by atoms with Gasteiger partial charge >= 0.3 is 0 Å². The van der Waals surface area contributed by atoms with Crippen molar-refractivity contribution in [2.45, 2.75) is 31.1 Å². The first kappa shape index (κ1) is 13.5. The molecule has 1 saturated heterocycles. The van der Waals surface area contributed by atoms with E-state index < -0.39 is 10.0 Å². The van der Waals surface area contributed by atoms with Gasteiger partial charge in [-0.2, -0.15) is 0 Å². The molecule has 2 rings (SSSR count). The van der Waals surface area contributed by atoms with E-state index in [2.05, 4.69) is 10.0 Å². The molecule has 1 atom stereocenters. The van der Waals surface area contributed by atoms with Gasteiger partial charge in [0, 0.05) is 12.6 Å². The normalized spacial score (nSPS) is 21.4. The van der Waals surface area contributed by atoms with E-state index in [1.165, 1.54) is 0 Å². The van der Waals surface area contributed by atoms with Crippen LogP contribution < -0.4 is 10.0 Å². The van der Waals surface area contributed by atoms with Crippen LogP contribution in [0.4, 0.5) is 0 Å². The lowest BCUT2D eigenvalue weighted by atomic mass is 10.2. The number of hydrogen-bond donors (Lipinski definition) is 2. The van der Waals surface area contributed by atoms with Crippen molar-refractivity contribution >= 4 is 10.0 Å².